The molecule has 1 unspecified atom stereocenters. The zero-order valence-electron chi connectivity index (χ0n) is 14.8. The second kappa shape index (κ2) is 8.42. The average molecular weight is 353 g/mol. The molecule has 2 amide bonds. The first-order valence-corrected chi connectivity index (χ1v) is 8.18. The molecule has 2 rings (SSSR count). The third-order valence-corrected chi connectivity index (χ3v) is 3.83. The smallest absolute Gasteiger partial charge is 0.267 e. The number of rotatable bonds is 6. The first-order valence-electron chi connectivity index (χ1n) is 8.18. The number of carbonyl (C=O) groups excluding carboxylic acids is 2. The van der Waals surface area contributed by atoms with Crippen LogP contribution in [0.15, 0.2) is 54.6 Å². The average Bonchev–Trinajstić information content (AvgIpc) is 2.64. The van der Waals surface area contributed by atoms with Crippen LogP contribution in [-0.4, -0.2) is 28.6 Å². The van der Waals surface area contributed by atoms with Gasteiger partial charge < -0.3 is 11.1 Å². The summed E-state index contributed by atoms with van der Waals surface area (Å²) in [6.07, 6.45) is 3.93. The quantitative estimate of drug-likeness (QED) is 0.363. The van der Waals surface area contributed by atoms with Gasteiger partial charge in [-0.05, 0) is 37.1 Å². The number of hydroxylamine groups is 1. The maximum atomic E-state index is 12.4. The van der Waals surface area contributed by atoms with Crippen LogP contribution in [0.1, 0.15) is 35.3 Å². The number of carbonyl (C=O) groups is 2. The second-order valence-electron chi connectivity index (χ2n) is 6.57. The minimum Gasteiger partial charge on any atom is -0.338 e. The molecule has 0 aliphatic rings. The van der Waals surface area contributed by atoms with Crippen LogP contribution in [0.25, 0.3) is 12.2 Å². The van der Waals surface area contributed by atoms with E-state index in [0.29, 0.717) is 5.56 Å². The molecule has 6 heteroatoms. The van der Waals surface area contributed by atoms with Crippen molar-refractivity contribution in [1.29, 1.82) is 0 Å². The number of benzene rings is 2. The Hall–Kier alpha value is -2.96. The summed E-state index contributed by atoms with van der Waals surface area (Å²) in [5.41, 5.74) is 8.80. The van der Waals surface area contributed by atoms with E-state index in [0.717, 1.165) is 11.1 Å². The predicted octanol–water partition coefficient (Wildman–Crippen LogP) is 2.20. The lowest BCUT2D eigenvalue weighted by Gasteiger charge is -2.29. The lowest BCUT2D eigenvalue weighted by atomic mass is 9.95. The third kappa shape index (κ3) is 5.27. The summed E-state index contributed by atoms with van der Waals surface area (Å²) < 4.78 is 0. The van der Waals surface area contributed by atoms with Crippen molar-refractivity contribution >= 4 is 24.0 Å². The van der Waals surface area contributed by atoms with E-state index in [-0.39, 0.29) is 0 Å². The first-order chi connectivity index (χ1) is 12.3. The van der Waals surface area contributed by atoms with Crippen LogP contribution in [0.3, 0.4) is 0 Å². The molecule has 2 aromatic rings. The van der Waals surface area contributed by atoms with Gasteiger partial charge >= 0.3 is 0 Å². The minimum atomic E-state index is -1.07. The highest BCUT2D eigenvalue weighted by molar-refractivity contribution is 5.98. The summed E-state index contributed by atoms with van der Waals surface area (Å²) in [5.74, 6) is -1.22. The zero-order valence-corrected chi connectivity index (χ0v) is 14.8. The molecule has 136 valence electrons. The van der Waals surface area contributed by atoms with Gasteiger partial charge in [-0.1, -0.05) is 54.6 Å². The normalized spacial score (nSPS) is 12.6. The van der Waals surface area contributed by atoms with Gasteiger partial charge in [0.15, 0.2) is 0 Å². The van der Waals surface area contributed by atoms with Crippen LogP contribution < -0.4 is 16.5 Å². The molecule has 0 aliphatic carbocycles. The third-order valence-electron chi connectivity index (χ3n) is 3.83. The summed E-state index contributed by atoms with van der Waals surface area (Å²) in [5, 5.41) is 11.4. The highest BCUT2D eigenvalue weighted by Gasteiger charge is 2.33. The summed E-state index contributed by atoms with van der Waals surface area (Å²) in [7, 11) is 0. The molecule has 0 spiro atoms. The van der Waals surface area contributed by atoms with E-state index in [4.69, 9.17) is 10.9 Å². The van der Waals surface area contributed by atoms with Crippen molar-refractivity contribution in [2.45, 2.75) is 25.4 Å². The molecule has 0 aromatic heterocycles. The van der Waals surface area contributed by atoms with Gasteiger partial charge in [0, 0.05) is 11.1 Å². The largest absolute Gasteiger partial charge is 0.338 e. The van der Waals surface area contributed by atoms with Crippen molar-refractivity contribution in [3.63, 3.8) is 0 Å². The molecule has 0 bridgehead atoms. The fourth-order valence-corrected chi connectivity index (χ4v) is 2.37. The second-order valence-corrected chi connectivity index (χ2v) is 6.57. The van der Waals surface area contributed by atoms with Gasteiger partial charge in [-0.25, -0.2) is 5.48 Å². The molecule has 6 nitrogen and oxygen atoms in total. The van der Waals surface area contributed by atoms with Gasteiger partial charge in [-0.2, -0.15) is 0 Å². The van der Waals surface area contributed by atoms with E-state index < -0.39 is 23.4 Å². The monoisotopic (exact) mass is 353 g/mol. The Kier molecular flexibility index (Phi) is 6.27. The SMILES string of the molecule is CC(C)(N)C(NC(=O)c1ccc(/C=C/c2ccccc2)cc1)C(=O)NO. The first kappa shape index (κ1) is 19.4. The Balaban J connectivity index is 2.08. The molecule has 2 aromatic carbocycles. The maximum Gasteiger partial charge on any atom is 0.267 e. The van der Waals surface area contributed by atoms with Crippen LogP contribution in [0.5, 0.6) is 0 Å². The summed E-state index contributed by atoms with van der Waals surface area (Å²) >= 11 is 0. The van der Waals surface area contributed by atoms with Crippen molar-refractivity contribution in [3.05, 3.63) is 71.3 Å². The number of amides is 2. The van der Waals surface area contributed by atoms with E-state index in [1.165, 1.54) is 5.48 Å². The Labute approximate surface area is 152 Å². The van der Waals surface area contributed by atoms with Gasteiger partial charge in [0.25, 0.3) is 11.8 Å². The standard InChI is InChI=1S/C20H23N3O3/c1-20(2,21)17(19(25)23-26)22-18(24)16-12-10-15(11-13-16)9-8-14-6-4-3-5-7-14/h3-13,17,26H,21H2,1-2H3,(H,22,24)(H,23,25)/b9-8+. The van der Waals surface area contributed by atoms with E-state index in [9.17, 15) is 9.59 Å². The highest BCUT2D eigenvalue weighted by Crippen LogP contribution is 2.11. The van der Waals surface area contributed by atoms with Gasteiger partial charge in [0.1, 0.15) is 6.04 Å². The molecule has 5 N–H and O–H groups in total. The minimum absolute atomic E-state index is 0.391. The number of nitrogens with two attached hydrogens (primary N) is 1. The predicted molar refractivity (Wildman–Crippen MR) is 101 cm³/mol. The Morgan fingerprint density at radius 3 is 2.04 bits per heavy atom. The van der Waals surface area contributed by atoms with Gasteiger partial charge in [-0.15, -0.1) is 0 Å². The van der Waals surface area contributed by atoms with Gasteiger partial charge in [-0.3, -0.25) is 14.8 Å². The van der Waals surface area contributed by atoms with Crippen molar-refractivity contribution in [1.82, 2.24) is 10.8 Å². The molecule has 0 saturated carbocycles. The number of nitrogens with one attached hydrogen (secondary N) is 2. The van der Waals surface area contributed by atoms with Crippen LogP contribution in [0.2, 0.25) is 0 Å². The van der Waals surface area contributed by atoms with Crippen LogP contribution in [0.4, 0.5) is 0 Å². The fourth-order valence-electron chi connectivity index (χ4n) is 2.37. The fraction of sp³-hybridized carbons (Fsp3) is 0.200. The zero-order chi connectivity index (χ0) is 19.2. The van der Waals surface area contributed by atoms with Crippen molar-refractivity contribution in [2.75, 3.05) is 0 Å². The highest BCUT2D eigenvalue weighted by atomic mass is 16.5. The summed E-state index contributed by atoms with van der Waals surface area (Å²) in [6, 6.07) is 15.8. The molecule has 0 saturated heterocycles. The van der Waals surface area contributed by atoms with E-state index in [2.05, 4.69) is 5.32 Å². The molecule has 0 aliphatic heterocycles. The molecule has 1 atom stereocenters. The molecule has 0 radical (unpaired) electrons. The molecular formula is C20H23N3O3. The van der Waals surface area contributed by atoms with Gasteiger partial charge in [0.2, 0.25) is 0 Å². The van der Waals surface area contributed by atoms with Crippen LogP contribution in [0, 0.1) is 0 Å². The summed E-state index contributed by atoms with van der Waals surface area (Å²) in [6.45, 7) is 3.18. The van der Waals surface area contributed by atoms with Gasteiger partial charge in [0.05, 0.1) is 0 Å². The number of hydrogen-bond donors (Lipinski definition) is 4. The number of hydrogen-bond acceptors (Lipinski definition) is 4. The van der Waals surface area contributed by atoms with E-state index in [1.54, 1.807) is 26.0 Å². The lowest BCUT2D eigenvalue weighted by molar-refractivity contribution is -0.132. The molecule has 0 fully saturated rings. The molecular weight excluding hydrogens is 330 g/mol. The van der Waals surface area contributed by atoms with Crippen molar-refractivity contribution in [3.8, 4) is 0 Å². The lowest BCUT2D eigenvalue weighted by Crippen LogP contribution is -2.61. The van der Waals surface area contributed by atoms with Crippen LogP contribution >= 0.6 is 0 Å². The van der Waals surface area contributed by atoms with E-state index >= 15 is 0 Å². The molecule has 26 heavy (non-hydrogen) atoms. The summed E-state index contributed by atoms with van der Waals surface area (Å²) in [4.78, 5) is 24.1. The Bertz CT molecular complexity index is 778. The Morgan fingerprint density at radius 1 is 1.00 bits per heavy atom. The maximum absolute atomic E-state index is 12.4. The van der Waals surface area contributed by atoms with E-state index in [1.807, 2.05) is 54.6 Å². The molecule has 0 heterocycles. The van der Waals surface area contributed by atoms with Crippen LogP contribution in [-0.2, 0) is 4.79 Å². The topological polar surface area (TPSA) is 104 Å². The van der Waals surface area contributed by atoms with Crippen molar-refractivity contribution in [2.24, 2.45) is 5.73 Å². The van der Waals surface area contributed by atoms with Crippen molar-refractivity contribution < 1.29 is 14.8 Å². The Morgan fingerprint density at radius 2 is 1.54 bits per heavy atom.